The number of hydrogen-bond donors (Lipinski definition) is 9. The lowest BCUT2D eigenvalue weighted by Gasteiger charge is -2.18. The van der Waals surface area contributed by atoms with E-state index in [2.05, 4.69) is 21.4 Å². The highest BCUT2D eigenvalue weighted by molar-refractivity contribution is 5.83. The number of aliphatic hydroxyl groups is 1. The summed E-state index contributed by atoms with van der Waals surface area (Å²) in [7, 11) is 0. The Bertz CT molecular complexity index is 1040. The second kappa shape index (κ2) is 40.8. The first-order chi connectivity index (χ1) is 28.1. The highest BCUT2D eigenvalue weighted by Gasteiger charge is 2.21. The summed E-state index contributed by atoms with van der Waals surface area (Å²) in [5.41, 5.74) is 2.22. The molecule has 0 bridgehead atoms. The summed E-state index contributed by atoms with van der Waals surface area (Å²) in [5.74, 6) is 1.81. The predicted molar refractivity (Wildman–Crippen MR) is 218 cm³/mol. The lowest BCUT2D eigenvalue weighted by atomic mass is 10.0. The quantitative estimate of drug-likeness (QED) is 0.0184. The number of hydrogen-bond acceptors (Lipinski definition) is 13. The average molecular weight is 836 g/mol. The van der Waals surface area contributed by atoms with Gasteiger partial charge in [-0.2, -0.15) is 0 Å². The van der Waals surface area contributed by atoms with Crippen molar-refractivity contribution in [3.8, 4) is 0 Å². The van der Waals surface area contributed by atoms with Gasteiger partial charge in [-0.3, -0.25) is 30.3 Å². The molecule has 0 aliphatic heterocycles. The van der Waals surface area contributed by atoms with E-state index in [1.165, 1.54) is 57.8 Å². The molecule has 0 aliphatic carbocycles. The molecular weight excluding hydrogens is 758 g/mol. The van der Waals surface area contributed by atoms with Gasteiger partial charge in [0.2, 0.25) is 11.8 Å². The van der Waals surface area contributed by atoms with Crippen molar-refractivity contribution in [2.24, 2.45) is 5.84 Å². The normalized spacial score (nSPS) is 12.9. The molecule has 340 valence electrons. The number of carboxylic acids is 3. The van der Waals surface area contributed by atoms with Gasteiger partial charge in [0.05, 0.1) is 52.9 Å². The molecule has 0 radical (unpaired) electrons. The van der Waals surface area contributed by atoms with Gasteiger partial charge in [0.1, 0.15) is 18.3 Å². The number of hydrazine groups is 1. The number of carbonyl (C=O) groups is 5. The highest BCUT2D eigenvalue weighted by Crippen LogP contribution is 2.14. The fourth-order valence-corrected chi connectivity index (χ4v) is 5.93. The molecule has 3 atom stereocenters. The van der Waals surface area contributed by atoms with Gasteiger partial charge in [0.25, 0.3) is 0 Å². The molecule has 0 fully saturated rings. The van der Waals surface area contributed by atoms with Gasteiger partial charge in [-0.25, -0.2) is 10.2 Å². The maximum absolute atomic E-state index is 12.2. The summed E-state index contributed by atoms with van der Waals surface area (Å²) in [6, 6.07) is -2.00. The first-order valence-electron chi connectivity index (χ1n) is 21.5. The van der Waals surface area contributed by atoms with Crippen LogP contribution in [0, 0.1) is 0 Å². The summed E-state index contributed by atoms with van der Waals surface area (Å²) in [6.07, 6.45) is 17.6. The van der Waals surface area contributed by atoms with Gasteiger partial charge in [0.15, 0.2) is 0 Å². The number of aliphatic carboxylic acids is 3. The van der Waals surface area contributed by atoms with Gasteiger partial charge < -0.3 is 50.0 Å². The maximum Gasteiger partial charge on any atom is 0.326 e. The van der Waals surface area contributed by atoms with Crippen molar-refractivity contribution in [1.82, 2.24) is 21.4 Å². The average Bonchev–Trinajstić information content (AvgIpc) is 3.18. The zero-order valence-corrected chi connectivity index (χ0v) is 34.9. The summed E-state index contributed by atoms with van der Waals surface area (Å²) in [6.45, 7) is 3.48. The van der Waals surface area contributed by atoms with E-state index in [-0.39, 0.29) is 38.4 Å². The largest absolute Gasteiger partial charge is 0.481 e. The summed E-state index contributed by atoms with van der Waals surface area (Å²) in [5, 5.41) is 45.3. The maximum atomic E-state index is 12.2. The van der Waals surface area contributed by atoms with E-state index in [1.54, 1.807) is 0 Å². The van der Waals surface area contributed by atoms with E-state index in [1.807, 2.05) is 0 Å². The molecule has 1 unspecified atom stereocenters. The molecule has 18 heteroatoms. The molecule has 0 spiro atoms. The van der Waals surface area contributed by atoms with E-state index in [0.717, 1.165) is 32.1 Å². The van der Waals surface area contributed by atoms with Crippen LogP contribution in [-0.4, -0.2) is 134 Å². The smallest absolute Gasteiger partial charge is 0.326 e. The monoisotopic (exact) mass is 836 g/mol. The highest BCUT2D eigenvalue weighted by atomic mass is 16.6. The van der Waals surface area contributed by atoms with Crippen molar-refractivity contribution in [3.05, 3.63) is 0 Å². The van der Waals surface area contributed by atoms with Gasteiger partial charge in [-0.1, -0.05) is 77.0 Å². The number of aliphatic hydroxyl groups excluding tert-OH is 1. The molecule has 0 heterocycles. The van der Waals surface area contributed by atoms with Crippen LogP contribution in [0.15, 0.2) is 0 Å². The summed E-state index contributed by atoms with van der Waals surface area (Å²) >= 11 is 0. The van der Waals surface area contributed by atoms with Gasteiger partial charge in [-0.15, -0.1) is 0 Å². The van der Waals surface area contributed by atoms with Crippen molar-refractivity contribution in [2.45, 2.75) is 160 Å². The van der Waals surface area contributed by atoms with E-state index >= 15 is 0 Å². The minimum absolute atomic E-state index is 0.0153. The van der Waals surface area contributed by atoms with Crippen LogP contribution in [-0.2, 0) is 42.9 Å². The van der Waals surface area contributed by atoms with E-state index < -0.39 is 42.1 Å². The molecule has 58 heavy (non-hydrogen) atoms. The summed E-state index contributed by atoms with van der Waals surface area (Å²) < 4.78 is 21.8. The minimum Gasteiger partial charge on any atom is -0.481 e. The predicted octanol–water partition coefficient (Wildman–Crippen LogP) is 3.23. The Labute approximate surface area is 345 Å². The molecule has 0 aliphatic rings. The van der Waals surface area contributed by atoms with E-state index in [0.29, 0.717) is 84.8 Å². The van der Waals surface area contributed by atoms with Crippen molar-refractivity contribution in [1.29, 1.82) is 0 Å². The van der Waals surface area contributed by atoms with E-state index in [9.17, 15) is 34.2 Å². The number of carboxylic acid groups (broad SMARTS) is 3. The van der Waals surface area contributed by atoms with Gasteiger partial charge in [-0.05, 0) is 51.5 Å². The molecule has 10 N–H and O–H groups in total. The molecular formula is C40H77N5O13. The molecule has 0 aromatic heterocycles. The number of amides is 2. The van der Waals surface area contributed by atoms with Crippen LogP contribution in [0.2, 0.25) is 0 Å². The second-order valence-electron chi connectivity index (χ2n) is 14.5. The van der Waals surface area contributed by atoms with Crippen LogP contribution in [0.5, 0.6) is 0 Å². The Hall–Kier alpha value is -2.97. The Kier molecular flexibility index (Phi) is 38.7. The van der Waals surface area contributed by atoms with E-state index in [4.69, 9.17) is 35.0 Å². The fourth-order valence-electron chi connectivity index (χ4n) is 5.93. The Balaban J connectivity index is 3.52. The van der Waals surface area contributed by atoms with Crippen LogP contribution in [0.4, 0.5) is 0 Å². The molecule has 0 rings (SSSR count). The summed E-state index contributed by atoms with van der Waals surface area (Å²) in [4.78, 5) is 57.2. The molecule has 0 saturated heterocycles. The first-order valence-corrected chi connectivity index (χ1v) is 21.5. The molecule has 0 saturated carbocycles. The van der Waals surface area contributed by atoms with Crippen molar-refractivity contribution >= 4 is 29.7 Å². The number of carbonyl (C=O) groups excluding carboxylic acids is 2. The van der Waals surface area contributed by atoms with Gasteiger partial charge >= 0.3 is 17.9 Å². The van der Waals surface area contributed by atoms with Crippen molar-refractivity contribution in [2.75, 3.05) is 65.9 Å². The molecule has 0 aromatic rings. The zero-order chi connectivity index (χ0) is 42.9. The second-order valence-corrected chi connectivity index (χ2v) is 14.5. The number of unbranched alkanes of at least 4 members (excludes halogenated alkanes) is 14. The third-order valence-corrected chi connectivity index (χ3v) is 9.36. The van der Waals surface area contributed by atoms with Crippen LogP contribution >= 0.6 is 0 Å². The van der Waals surface area contributed by atoms with Gasteiger partial charge in [0, 0.05) is 25.8 Å². The van der Waals surface area contributed by atoms with Crippen LogP contribution in [0.3, 0.4) is 0 Å². The molecule has 18 nitrogen and oxygen atoms in total. The molecule has 2 amide bonds. The number of nitrogens with two attached hydrogens (primary N) is 1. The lowest BCUT2D eigenvalue weighted by Crippen LogP contribution is -2.42. The lowest BCUT2D eigenvalue weighted by molar-refractivity contribution is -0.142. The standard InChI is InChI=1S/C40H77N5O13/c41-45-34(40(53)54)17-15-16-23-42-36(47)21-20-33(39(51)52)44-37(48)22-25-55-27-29-57-31-32-58-30-28-56-26-24-43-35(46)18-13-11-9-7-5-3-1-2-4-6-8-10-12-14-19-38(49)50/h33-34,36,42,45,47H,1-32,41H2,(H,43,46)(H,44,48)(H,49,50)(H,51,52)(H,53,54)/t33-,34-,36?/m0/s1. The fraction of sp³-hybridized carbons (Fsp3) is 0.875. The molecule has 0 aromatic carbocycles. The van der Waals surface area contributed by atoms with Crippen molar-refractivity contribution < 1.29 is 63.3 Å². The first kappa shape index (κ1) is 55.0. The van der Waals surface area contributed by atoms with Crippen LogP contribution in [0.1, 0.15) is 141 Å². The third kappa shape index (κ3) is 38.5. The Morgan fingerprint density at radius 1 is 0.466 bits per heavy atom. The zero-order valence-electron chi connectivity index (χ0n) is 34.9. The Morgan fingerprint density at radius 2 is 0.931 bits per heavy atom. The van der Waals surface area contributed by atoms with Crippen LogP contribution in [0.25, 0.3) is 0 Å². The number of rotatable bonds is 45. The topological polar surface area (TPSA) is 277 Å². The number of nitrogens with one attached hydrogen (secondary N) is 4. The SMILES string of the molecule is NN[C@@H](CCCCNC(O)CC[C@H](NC(=O)CCOCCOCCOCCOCCNC(=O)CCCCCCCCCCCCCCCCC(=O)O)C(=O)O)C(=O)O. The minimum atomic E-state index is -1.21. The van der Waals surface area contributed by atoms with Crippen molar-refractivity contribution in [3.63, 3.8) is 0 Å². The van der Waals surface area contributed by atoms with Crippen LogP contribution < -0.4 is 27.2 Å². The number of ether oxygens (including phenoxy) is 4. The third-order valence-electron chi connectivity index (χ3n) is 9.36. The Morgan fingerprint density at radius 3 is 1.41 bits per heavy atom.